The Kier molecular flexibility index (Phi) is 6.13. The molecule has 11 heteroatoms. The van der Waals surface area contributed by atoms with Crippen LogP contribution in [0.15, 0.2) is 83.8 Å². The van der Waals surface area contributed by atoms with E-state index in [9.17, 15) is 9.90 Å². The fourth-order valence-corrected chi connectivity index (χ4v) is 4.14. The predicted molar refractivity (Wildman–Crippen MR) is 142 cm³/mol. The first-order chi connectivity index (χ1) is 19.1. The zero-order valence-electron chi connectivity index (χ0n) is 20.6. The van der Waals surface area contributed by atoms with Gasteiger partial charge in [-0.2, -0.15) is 4.98 Å². The summed E-state index contributed by atoms with van der Waals surface area (Å²) in [5.41, 5.74) is 4.51. The molecule has 192 valence electrons. The van der Waals surface area contributed by atoms with Crippen LogP contribution in [0.3, 0.4) is 0 Å². The van der Waals surface area contributed by atoms with Crippen molar-refractivity contribution in [3.63, 3.8) is 0 Å². The van der Waals surface area contributed by atoms with E-state index >= 15 is 0 Å². The van der Waals surface area contributed by atoms with Gasteiger partial charge < -0.3 is 24.7 Å². The molecule has 0 saturated carbocycles. The van der Waals surface area contributed by atoms with Crippen molar-refractivity contribution in [1.29, 1.82) is 0 Å². The number of H-pyrrole nitrogens is 1. The van der Waals surface area contributed by atoms with E-state index in [0.29, 0.717) is 39.7 Å². The lowest BCUT2D eigenvalue weighted by molar-refractivity contribution is 0.0946. The third-order valence-corrected chi connectivity index (χ3v) is 6.06. The van der Waals surface area contributed by atoms with Gasteiger partial charge in [0.25, 0.3) is 5.91 Å². The summed E-state index contributed by atoms with van der Waals surface area (Å²) in [6.45, 7) is 0.0663. The number of pyridine rings is 2. The monoisotopic (exact) mass is 519 g/mol. The van der Waals surface area contributed by atoms with Gasteiger partial charge in [0.2, 0.25) is 17.6 Å². The lowest BCUT2D eigenvalue weighted by Gasteiger charge is -2.09. The van der Waals surface area contributed by atoms with E-state index in [2.05, 4.69) is 35.4 Å². The Morgan fingerprint density at radius 3 is 2.77 bits per heavy atom. The zero-order valence-corrected chi connectivity index (χ0v) is 20.6. The third-order valence-electron chi connectivity index (χ3n) is 6.06. The number of fused-ring (bicyclic) bond motifs is 1. The highest BCUT2D eigenvalue weighted by molar-refractivity contribution is 5.97. The molecule has 0 unspecified atom stereocenters. The summed E-state index contributed by atoms with van der Waals surface area (Å²) in [7, 11) is 1.56. The number of phenolic OH excluding ortho intramolecular Hbond substituents is 1. The summed E-state index contributed by atoms with van der Waals surface area (Å²) < 4.78 is 10.6. The molecule has 6 aromatic rings. The van der Waals surface area contributed by atoms with Crippen LogP contribution in [-0.2, 0) is 6.54 Å². The number of hydrogen-bond acceptors (Lipinski definition) is 9. The summed E-state index contributed by atoms with van der Waals surface area (Å²) in [5, 5.41) is 17.3. The molecule has 39 heavy (non-hydrogen) atoms. The maximum Gasteiger partial charge on any atom is 0.251 e. The van der Waals surface area contributed by atoms with Gasteiger partial charge in [-0.15, -0.1) is 0 Å². The van der Waals surface area contributed by atoms with Gasteiger partial charge in [0, 0.05) is 35.3 Å². The summed E-state index contributed by atoms with van der Waals surface area (Å²) >= 11 is 0. The smallest absolute Gasteiger partial charge is 0.251 e. The second-order valence-corrected chi connectivity index (χ2v) is 8.55. The molecule has 2 aromatic carbocycles. The molecule has 3 N–H and O–H groups in total. The molecule has 0 aliphatic carbocycles. The van der Waals surface area contributed by atoms with Crippen molar-refractivity contribution in [2.24, 2.45) is 0 Å². The number of benzene rings is 2. The molecule has 0 aliphatic rings. The minimum atomic E-state index is -0.317. The molecule has 0 atom stereocenters. The maximum atomic E-state index is 12.8. The number of aromatic nitrogens is 6. The lowest BCUT2D eigenvalue weighted by atomic mass is 10.0. The first-order valence-electron chi connectivity index (χ1n) is 11.9. The molecule has 0 fully saturated rings. The van der Waals surface area contributed by atoms with E-state index in [0.717, 1.165) is 16.7 Å². The predicted octanol–water partition coefficient (Wildman–Crippen LogP) is 4.38. The number of aromatic hydroxyl groups is 1. The summed E-state index contributed by atoms with van der Waals surface area (Å²) in [4.78, 5) is 33.2. The van der Waals surface area contributed by atoms with Crippen LogP contribution >= 0.6 is 0 Å². The average molecular weight is 520 g/mol. The van der Waals surface area contributed by atoms with Crippen molar-refractivity contribution >= 4 is 16.9 Å². The van der Waals surface area contributed by atoms with Gasteiger partial charge in [0.1, 0.15) is 11.6 Å². The summed E-state index contributed by atoms with van der Waals surface area (Å²) in [5.74, 6) is 1.34. The number of ether oxygens (including phenoxy) is 1. The van der Waals surface area contributed by atoms with Crippen molar-refractivity contribution in [3.05, 3.63) is 90.7 Å². The fourth-order valence-electron chi connectivity index (χ4n) is 4.14. The lowest BCUT2D eigenvalue weighted by Crippen LogP contribution is -2.22. The van der Waals surface area contributed by atoms with Crippen molar-refractivity contribution in [2.45, 2.75) is 6.54 Å². The van der Waals surface area contributed by atoms with Gasteiger partial charge in [0.15, 0.2) is 0 Å². The number of imidazole rings is 1. The van der Waals surface area contributed by atoms with Crippen LogP contribution in [0, 0.1) is 0 Å². The van der Waals surface area contributed by atoms with Gasteiger partial charge in [-0.1, -0.05) is 11.2 Å². The SMILES string of the molecule is COc1ncccc1-c1ccc(O)c(-c2nc3ccc(C(=O)NCc4nc(-c5cccnc5)no4)cc3[nH]2)c1. The van der Waals surface area contributed by atoms with Crippen molar-refractivity contribution in [3.8, 4) is 45.5 Å². The Labute approximate surface area is 221 Å². The van der Waals surface area contributed by atoms with Crippen LogP contribution in [0.2, 0.25) is 0 Å². The fraction of sp³-hybridized carbons (Fsp3) is 0.0714. The second-order valence-electron chi connectivity index (χ2n) is 8.55. The van der Waals surface area contributed by atoms with Crippen LogP contribution in [-0.4, -0.2) is 48.2 Å². The van der Waals surface area contributed by atoms with E-state index in [1.165, 1.54) is 0 Å². The summed E-state index contributed by atoms with van der Waals surface area (Å²) in [6.07, 6.45) is 4.94. The second kappa shape index (κ2) is 10.1. The molecule has 4 aromatic heterocycles. The normalized spacial score (nSPS) is 11.0. The molecule has 6 rings (SSSR count). The molecular formula is C28H21N7O4. The van der Waals surface area contributed by atoms with E-state index in [1.54, 1.807) is 62.1 Å². The van der Waals surface area contributed by atoms with Gasteiger partial charge >= 0.3 is 0 Å². The Hall–Kier alpha value is -5.58. The van der Waals surface area contributed by atoms with Crippen LogP contribution in [0.1, 0.15) is 16.2 Å². The molecule has 0 bridgehead atoms. The van der Waals surface area contributed by atoms with Crippen molar-refractivity contribution in [1.82, 2.24) is 35.4 Å². The minimum absolute atomic E-state index is 0.0591. The summed E-state index contributed by atoms with van der Waals surface area (Å²) in [6, 6.07) is 17.6. The minimum Gasteiger partial charge on any atom is -0.507 e. The Bertz CT molecular complexity index is 1800. The first kappa shape index (κ1) is 23.8. The number of nitrogens with zero attached hydrogens (tertiary/aromatic N) is 5. The van der Waals surface area contributed by atoms with E-state index in [-0.39, 0.29) is 24.1 Å². The third kappa shape index (κ3) is 4.76. The molecule has 0 spiro atoms. The topological polar surface area (TPSA) is 152 Å². The van der Waals surface area contributed by atoms with Crippen LogP contribution in [0.25, 0.3) is 44.9 Å². The largest absolute Gasteiger partial charge is 0.507 e. The Morgan fingerprint density at radius 2 is 1.92 bits per heavy atom. The number of phenols is 1. The standard InChI is InChI=1S/C28H21N7O4/c1-38-28-19(5-3-11-30-28)16-7-9-23(36)20(12-16)26-32-21-8-6-17(13-22(21)33-26)27(37)31-15-24-34-25(35-39-24)18-4-2-10-29-14-18/h2-14,36H,15H2,1H3,(H,31,37)(H,32,33). The van der Waals surface area contributed by atoms with E-state index in [1.807, 2.05) is 24.3 Å². The molecule has 11 nitrogen and oxygen atoms in total. The molecular weight excluding hydrogens is 498 g/mol. The van der Waals surface area contributed by atoms with Crippen LogP contribution in [0.4, 0.5) is 0 Å². The quantitative estimate of drug-likeness (QED) is 0.279. The van der Waals surface area contributed by atoms with E-state index in [4.69, 9.17) is 9.26 Å². The number of aromatic amines is 1. The van der Waals surface area contributed by atoms with Crippen LogP contribution < -0.4 is 10.1 Å². The van der Waals surface area contributed by atoms with Gasteiger partial charge in [0.05, 0.1) is 30.3 Å². The van der Waals surface area contributed by atoms with Crippen LogP contribution in [0.5, 0.6) is 11.6 Å². The van der Waals surface area contributed by atoms with Crippen molar-refractivity contribution in [2.75, 3.05) is 7.11 Å². The highest BCUT2D eigenvalue weighted by Crippen LogP contribution is 2.35. The Balaban J connectivity index is 1.22. The first-order valence-corrected chi connectivity index (χ1v) is 11.9. The number of amides is 1. The molecule has 4 heterocycles. The number of carbonyl (C=O) groups excluding carboxylic acids is 1. The van der Waals surface area contributed by atoms with E-state index < -0.39 is 0 Å². The molecule has 0 aliphatic heterocycles. The van der Waals surface area contributed by atoms with Gasteiger partial charge in [-0.25, -0.2) is 9.97 Å². The number of hydrogen-bond donors (Lipinski definition) is 3. The molecule has 0 saturated heterocycles. The highest BCUT2D eigenvalue weighted by Gasteiger charge is 2.16. The van der Waals surface area contributed by atoms with Gasteiger partial charge in [-0.3, -0.25) is 9.78 Å². The average Bonchev–Trinajstić information content (AvgIpc) is 3.63. The Morgan fingerprint density at radius 1 is 1.03 bits per heavy atom. The van der Waals surface area contributed by atoms with Gasteiger partial charge in [-0.05, 0) is 60.2 Å². The number of nitrogens with one attached hydrogen (secondary N) is 2. The number of carbonyl (C=O) groups is 1. The molecule has 1 amide bonds. The number of rotatable bonds is 7. The maximum absolute atomic E-state index is 12.8. The number of methoxy groups -OCH3 is 1. The zero-order chi connectivity index (χ0) is 26.8. The van der Waals surface area contributed by atoms with Crippen molar-refractivity contribution < 1.29 is 19.2 Å². The highest BCUT2D eigenvalue weighted by atomic mass is 16.5. The molecule has 0 radical (unpaired) electrons.